The number of benzene rings is 2. The standard InChI is InChI=1S/C23H28N2O4S/c1-3-28-21-14-19(23(30)24-15-18-6-4-17(2)5-7-18)8-9-20(21)29-16-22(26)25-10-12-27-13-11-25/h4-9,14H,3,10-13,15-16H2,1-2H3,(H,24,30). The van der Waals surface area contributed by atoms with Gasteiger partial charge in [-0.05, 0) is 37.6 Å². The first-order chi connectivity index (χ1) is 14.6. The minimum atomic E-state index is -0.0555. The summed E-state index contributed by atoms with van der Waals surface area (Å²) < 4.78 is 16.8. The van der Waals surface area contributed by atoms with Gasteiger partial charge in [-0.2, -0.15) is 0 Å². The van der Waals surface area contributed by atoms with Gasteiger partial charge in [0.2, 0.25) is 0 Å². The van der Waals surface area contributed by atoms with Gasteiger partial charge in [0.05, 0.1) is 19.8 Å². The zero-order valence-electron chi connectivity index (χ0n) is 17.5. The van der Waals surface area contributed by atoms with Crippen molar-refractivity contribution in [1.29, 1.82) is 0 Å². The number of carbonyl (C=O) groups is 1. The van der Waals surface area contributed by atoms with Gasteiger partial charge in [-0.3, -0.25) is 4.79 Å². The van der Waals surface area contributed by atoms with Crippen LogP contribution in [0.4, 0.5) is 0 Å². The molecule has 0 radical (unpaired) electrons. The molecule has 160 valence electrons. The molecule has 2 aromatic rings. The molecule has 3 rings (SSSR count). The van der Waals surface area contributed by atoms with Crippen molar-refractivity contribution in [2.45, 2.75) is 20.4 Å². The highest BCUT2D eigenvalue weighted by atomic mass is 32.1. The van der Waals surface area contributed by atoms with Crippen molar-refractivity contribution in [3.8, 4) is 11.5 Å². The maximum Gasteiger partial charge on any atom is 0.260 e. The van der Waals surface area contributed by atoms with Crippen LogP contribution in [-0.4, -0.2) is 55.3 Å². The second-order valence-corrected chi connectivity index (χ2v) is 7.45. The SMILES string of the molecule is CCOc1cc(C(=S)NCc2ccc(C)cc2)ccc1OCC(=O)N1CCOCC1. The Bertz CT molecular complexity index is 864. The lowest BCUT2D eigenvalue weighted by molar-refractivity contribution is -0.137. The molecule has 1 amide bonds. The zero-order valence-corrected chi connectivity index (χ0v) is 18.3. The Hall–Kier alpha value is -2.64. The average molecular weight is 429 g/mol. The van der Waals surface area contributed by atoms with Crippen LogP contribution in [0, 0.1) is 6.92 Å². The van der Waals surface area contributed by atoms with E-state index >= 15 is 0 Å². The van der Waals surface area contributed by atoms with E-state index in [4.69, 9.17) is 26.4 Å². The van der Waals surface area contributed by atoms with E-state index in [0.717, 1.165) is 11.1 Å². The van der Waals surface area contributed by atoms with E-state index in [1.54, 1.807) is 11.0 Å². The van der Waals surface area contributed by atoms with E-state index in [0.29, 0.717) is 55.9 Å². The van der Waals surface area contributed by atoms with Gasteiger partial charge in [-0.1, -0.05) is 42.0 Å². The molecule has 1 heterocycles. The Morgan fingerprint density at radius 3 is 2.53 bits per heavy atom. The van der Waals surface area contributed by atoms with Crippen LogP contribution in [0.5, 0.6) is 11.5 Å². The van der Waals surface area contributed by atoms with Crippen LogP contribution in [0.3, 0.4) is 0 Å². The predicted octanol–water partition coefficient (Wildman–Crippen LogP) is 3.10. The van der Waals surface area contributed by atoms with Crippen LogP contribution in [0.25, 0.3) is 0 Å². The minimum absolute atomic E-state index is 0.0322. The first-order valence-corrected chi connectivity index (χ1v) is 10.6. The topological polar surface area (TPSA) is 60.0 Å². The summed E-state index contributed by atoms with van der Waals surface area (Å²) in [6.07, 6.45) is 0. The first-order valence-electron chi connectivity index (χ1n) is 10.2. The van der Waals surface area contributed by atoms with Gasteiger partial charge < -0.3 is 24.4 Å². The molecule has 0 aliphatic carbocycles. The van der Waals surface area contributed by atoms with E-state index in [1.807, 2.05) is 19.1 Å². The number of hydrogen-bond acceptors (Lipinski definition) is 5. The number of ether oxygens (including phenoxy) is 3. The fraction of sp³-hybridized carbons (Fsp3) is 0.391. The van der Waals surface area contributed by atoms with Gasteiger partial charge in [0.1, 0.15) is 4.99 Å². The van der Waals surface area contributed by atoms with E-state index < -0.39 is 0 Å². The average Bonchev–Trinajstić information content (AvgIpc) is 2.78. The Morgan fingerprint density at radius 2 is 1.83 bits per heavy atom. The van der Waals surface area contributed by atoms with Crippen molar-refractivity contribution in [2.75, 3.05) is 39.5 Å². The van der Waals surface area contributed by atoms with Gasteiger partial charge in [0, 0.05) is 25.2 Å². The summed E-state index contributed by atoms with van der Waals surface area (Å²) >= 11 is 5.54. The van der Waals surface area contributed by atoms with E-state index in [2.05, 4.69) is 36.5 Å². The van der Waals surface area contributed by atoms with Crippen LogP contribution < -0.4 is 14.8 Å². The second-order valence-electron chi connectivity index (χ2n) is 7.04. The molecule has 0 atom stereocenters. The number of rotatable bonds is 8. The van der Waals surface area contributed by atoms with Crippen molar-refractivity contribution in [1.82, 2.24) is 10.2 Å². The summed E-state index contributed by atoms with van der Waals surface area (Å²) in [7, 11) is 0. The smallest absolute Gasteiger partial charge is 0.260 e. The third-order valence-electron chi connectivity index (χ3n) is 4.79. The number of nitrogens with zero attached hydrogens (tertiary/aromatic N) is 1. The fourth-order valence-corrected chi connectivity index (χ4v) is 3.27. The van der Waals surface area contributed by atoms with Crippen molar-refractivity contribution in [3.05, 3.63) is 59.2 Å². The molecule has 6 nitrogen and oxygen atoms in total. The highest BCUT2D eigenvalue weighted by Crippen LogP contribution is 2.29. The summed E-state index contributed by atoms with van der Waals surface area (Å²) in [5, 5.41) is 3.28. The molecule has 1 fully saturated rings. The molecule has 1 aliphatic heterocycles. The molecule has 7 heteroatoms. The van der Waals surface area contributed by atoms with Crippen LogP contribution >= 0.6 is 12.2 Å². The van der Waals surface area contributed by atoms with E-state index in [9.17, 15) is 4.79 Å². The molecule has 30 heavy (non-hydrogen) atoms. The van der Waals surface area contributed by atoms with Crippen molar-refractivity contribution in [2.24, 2.45) is 0 Å². The third-order valence-corrected chi connectivity index (χ3v) is 5.17. The number of hydrogen-bond donors (Lipinski definition) is 1. The molecule has 1 aliphatic rings. The summed E-state index contributed by atoms with van der Waals surface area (Å²) in [4.78, 5) is 14.7. The monoisotopic (exact) mass is 428 g/mol. The van der Waals surface area contributed by atoms with Crippen LogP contribution in [-0.2, 0) is 16.1 Å². The quantitative estimate of drug-likeness (QED) is 0.652. The Labute approximate surface area is 183 Å². The first kappa shape index (κ1) is 22.1. The molecule has 0 unspecified atom stereocenters. The molecule has 2 aromatic carbocycles. The maximum atomic E-state index is 12.3. The predicted molar refractivity (Wildman–Crippen MR) is 120 cm³/mol. The number of morpholine rings is 1. The third kappa shape index (κ3) is 6.18. The number of thiocarbonyl (C=S) groups is 1. The van der Waals surface area contributed by atoms with Gasteiger partial charge in [0.15, 0.2) is 18.1 Å². The molecule has 0 aromatic heterocycles. The lowest BCUT2D eigenvalue weighted by atomic mass is 10.1. The summed E-state index contributed by atoms with van der Waals surface area (Å²) in [5.74, 6) is 1.05. The van der Waals surface area contributed by atoms with Crippen LogP contribution in [0.2, 0.25) is 0 Å². The lowest BCUT2D eigenvalue weighted by Gasteiger charge is -2.26. The molecule has 1 saturated heterocycles. The Kier molecular flexibility index (Phi) is 8.04. The highest BCUT2D eigenvalue weighted by Gasteiger charge is 2.18. The molecule has 0 bridgehead atoms. The Morgan fingerprint density at radius 1 is 1.10 bits per heavy atom. The second kappa shape index (κ2) is 10.9. The van der Waals surface area contributed by atoms with Crippen LogP contribution in [0.1, 0.15) is 23.6 Å². The normalized spacial score (nSPS) is 13.6. The number of carbonyl (C=O) groups excluding carboxylic acids is 1. The van der Waals surface area contributed by atoms with Gasteiger partial charge in [-0.15, -0.1) is 0 Å². The van der Waals surface area contributed by atoms with Crippen molar-refractivity contribution < 1.29 is 19.0 Å². The maximum absolute atomic E-state index is 12.3. The summed E-state index contributed by atoms with van der Waals surface area (Å²) in [6.45, 7) is 7.40. The molecular formula is C23H28N2O4S. The lowest BCUT2D eigenvalue weighted by Crippen LogP contribution is -2.43. The van der Waals surface area contributed by atoms with Crippen molar-refractivity contribution in [3.63, 3.8) is 0 Å². The number of nitrogens with one attached hydrogen (secondary N) is 1. The largest absolute Gasteiger partial charge is 0.490 e. The highest BCUT2D eigenvalue weighted by molar-refractivity contribution is 7.80. The number of aryl methyl sites for hydroxylation is 1. The van der Waals surface area contributed by atoms with Crippen LogP contribution in [0.15, 0.2) is 42.5 Å². The number of amides is 1. The van der Waals surface area contributed by atoms with Crippen molar-refractivity contribution >= 4 is 23.1 Å². The summed E-state index contributed by atoms with van der Waals surface area (Å²) in [5.41, 5.74) is 3.23. The molecular weight excluding hydrogens is 400 g/mol. The molecule has 0 spiro atoms. The van der Waals surface area contributed by atoms with Gasteiger partial charge in [-0.25, -0.2) is 0 Å². The van der Waals surface area contributed by atoms with E-state index in [-0.39, 0.29) is 12.5 Å². The van der Waals surface area contributed by atoms with Gasteiger partial charge in [0.25, 0.3) is 5.91 Å². The molecule has 0 saturated carbocycles. The fourth-order valence-electron chi connectivity index (χ4n) is 3.07. The van der Waals surface area contributed by atoms with E-state index in [1.165, 1.54) is 5.56 Å². The minimum Gasteiger partial charge on any atom is -0.490 e. The molecule has 1 N–H and O–H groups in total. The van der Waals surface area contributed by atoms with Gasteiger partial charge >= 0.3 is 0 Å². The summed E-state index contributed by atoms with van der Waals surface area (Å²) in [6, 6.07) is 13.9. The Balaban J connectivity index is 1.61. The zero-order chi connectivity index (χ0) is 21.3.